The largest absolute Gasteiger partial charge is 0.512 e. The molecule has 6 nitrogen and oxygen atoms in total. The van der Waals surface area contributed by atoms with Gasteiger partial charge in [0.1, 0.15) is 5.76 Å². The maximum atomic E-state index is 12.8. The lowest BCUT2D eigenvalue weighted by atomic mass is 9.74. The van der Waals surface area contributed by atoms with Crippen molar-refractivity contribution in [2.75, 3.05) is 13.1 Å². The normalized spacial score (nSPS) is 22.2. The van der Waals surface area contributed by atoms with Crippen molar-refractivity contribution in [3.05, 3.63) is 51.3 Å². The van der Waals surface area contributed by atoms with E-state index in [1.165, 1.54) is 12.1 Å². The number of hydrogen-bond acceptors (Lipinski definition) is 5. The Bertz CT molecular complexity index is 715. The van der Waals surface area contributed by atoms with E-state index in [2.05, 4.69) is 4.90 Å². The molecule has 0 spiro atoms. The molecule has 25 heavy (non-hydrogen) atoms. The first-order valence-corrected chi connectivity index (χ1v) is 8.72. The van der Waals surface area contributed by atoms with Crippen molar-refractivity contribution in [1.29, 1.82) is 0 Å². The maximum absolute atomic E-state index is 12.8. The Morgan fingerprint density at radius 3 is 2.28 bits per heavy atom. The molecule has 0 saturated carbocycles. The van der Waals surface area contributed by atoms with E-state index in [1.54, 1.807) is 12.1 Å². The molecule has 1 fully saturated rings. The van der Waals surface area contributed by atoms with Crippen molar-refractivity contribution in [1.82, 2.24) is 4.90 Å². The number of Topliss-reactive ketones (excluding diaryl/α,β-unsaturated/α-hetero) is 1. The summed E-state index contributed by atoms with van der Waals surface area (Å²) in [7, 11) is 0. The lowest BCUT2D eigenvalue weighted by Crippen LogP contribution is -2.35. The second-order valence-corrected chi connectivity index (χ2v) is 7.80. The summed E-state index contributed by atoms with van der Waals surface area (Å²) in [5.74, 6) is 0.139. The second kappa shape index (κ2) is 6.59. The minimum atomic E-state index is -0.431. The van der Waals surface area contributed by atoms with E-state index in [4.69, 9.17) is 0 Å². The van der Waals surface area contributed by atoms with Crippen LogP contribution in [0.15, 0.2) is 35.6 Å². The van der Waals surface area contributed by atoms with Gasteiger partial charge in [-0.15, -0.1) is 0 Å². The molecule has 0 bridgehead atoms. The van der Waals surface area contributed by atoms with Crippen LogP contribution in [0, 0.1) is 15.5 Å². The van der Waals surface area contributed by atoms with E-state index in [0.717, 1.165) is 31.5 Å². The number of benzene rings is 1. The Hall–Kier alpha value is -2.21. The summed E-state index contributed by atoms with van der Waals surface area (Å²) in [6, 6.07) is 6.01. The summed E-state index contributed by atoms with van der Waals surface area (Å²) in [5, 5.41) is 21.5. The molecule has 0 aromatic heterocycles. The van der Waals surface area contributed by atoms with Gasteiger partial charge in [-0.3, -0.25) is 19.8 Å². The monoisotopic (exact) mass is 344 g/mol. The lowest BCUT2D eigenvalue weighted by molar-refractivity contribution is -0.384. The SMILES string of the molecule is CC1(C)CC(=O)C(C(c2ccc([N+](=O)[O-])cc2)N2CCCC2)=C(O)C1. The van der Waals surface area contributed by atoms with Gasteiger partial charge in [0.2, 0.25) is 0 Å². The number of allylic oxidation sites excluding steroid dienone is 1. The zero-order valence-electron chi connectivity index (χ0n) is 14.7. The summed E-state index contributed by atoms with van der Waals surface area (Å²) in [6.45, 7) is 5.67. The van der Waals surface area contributed by atoms with Crippen molar-refractivity contribution >= 4 is 11.5 Å². The third kappa shape index (κ3) is 3.58. The fraction of sp³-hybridized carbons (Fsp3) is 0.526. The Balaban J connectivity index is 2.03. The summed E-state index contributed by atoms with van der Waals surface area (Å²) in [6.07, 6.45) is 2.99. The minimum absolute atomic E-state index is 0.0241. The molecule has 0 amide bonds. The van der Waals surface area contributed by atoms with Crippen LogP contribution >= 0.6 is 0 Å². The average Bonchev–Trinajstić information content (AvgIpc) is 3.04. The first kappa shape index (κ1) is 17.6. The van der Waals surface area contributed by atoms with Gasteiger partial charge < -0.3 is 5.11 Å². The minimum Gasteiger partial charge on any atom is -0.512 e. The van der Waals surface area contributed by atoms with Crippen molar-refractivity contribution in [3.8, 4) is 0 Å². The van der Waals surface area contributed by atoms with E-state index >= 15 is 0 Å². The molecule has 1 aliphatic heterocycles. The van der Waals surface area contributed by atoms with Crippen LogP contribution in [0.1, 0.15) is 51.1 Å². The Morgan fingerprint density at radius 1 is 1.16 bits per heavy atom. The Morgan fingerprint density at radius 2 is 1.76 bits per heavy atom. The average molecular weight is 344 g/mol. The van der Waals surface area contributed by atoms with Gasteiger partial charge in [0, 0.05) is 25.0 Å². The smallest absolute Gasteiger partial charge is 0.269 e. The van der Waals surface area contributed by atoms with E-state index in [-0.39, 0.29) is 28.7 Å². The summed E-state index contributed by atoms with van der Waals surface area (Å²) in [4.78, 5) is 25.5. The molecule has 1 aromatic carbocycles. The predicted octanol–water partition coefficient (Wildman–Crippen LogP) is 3.93. The molecule has 0 radical (unpaired) electrons. The highest BCUT2D eigenvalue weighted by Gasteiger charge is 2.39. The van der Waals surface area contributed by atoms with Gasteiger partial charge >= 0.3 is 0 Å². The van der Waals surface area contributed by atoms with Gasteiger partial charge in [0.05, 0.1) is 16.5 Å². The molecule has 2 aliphatic rings. The number of non-ortho nitro benzene ring substituents is 1. The highest BCUT2D eigenvalue weighted by Crippen LogP contribution is 2.43. The first-order valence-electron chi connectivity index (χ1n) is 8.72. The summed E-state index contributed by atoms with van der Waals surface area (Å²) < 4.78 is 0. The van der Waals surface area contributed by atoms with Gasteiger partial charge in [-0.1, -0.05) is 26.0 Å². The number of nitro benzene ring substituents is 1. The zero-order chi connectivity index (χ0) is 18.2. The van der Waals surface area contributed by atoms with Crippen molar-refractivity contribution in [2.45, 2.75) is 45.6 Å². The Kier molecular flexibility index (Phi) is 4.64. The van der Waals surface area contributed by atoms with Gasteiger partial charge in [0.15, 0.2) is 5.78 Å². The maximum Gasteiger partial charge on any atom is 0.269 e. The number of rotatable bonds is 4. The lowest BCUT2D eigenvalue weighted by Gasteiger charge is -2.36. The van der Waals surface area contributed by atoms with Crippen LogP contribution in [0.4, 0.5) is 5.69 Å². The topological polar surface area (TPSA) is 83.7 Å². The van der Waals surface area contributed by atoms with Crippen LogP contribution in [-0.2, 0) is 4.79 Å². The molecule has 1 saturated heterocycles. The molecular weight excluding hydrogens is 320 g/mol. The first-order chi connectivity index (χ1) is 11.8. The highest BCUT2D eigenvalue weighted by molar-refractivity contribution is 5.98. The quantitative estimate of drug-likeness (QED) is 0.661. The fourth-order valence-electron chi connectivity index (χ4n) is 3.95. The molecule has 134 valence electrons. The highest BCUT2D eigenvalue weighted by atomic mass is 16.6. The third-order valence-electron chi connectivity index (χ3n) is 5.10. The van der Waals surface area contributed by atoms with E-state index in [0.29, 0.717) is 18.4 Å². The van der Waals surface area contributed by atoms with E-state index in [9.17, 15) is 20.0 Å². The van der Waals surface area contributed by atoms with Crippen LogP contribution in [0.2, 0.25) is 0 Å². The van der Waals surface area contributed by atoms with Crippen LogP contribution in [0.3, 0.4) is 0 Å². The van der Waals surface area contributed by atoms with E-state index in [1.807, 2.05) is 13.8 Å². The number of hydrogen-bond donors (Lipinski definition) is 1. The van der Waals surface area contributed by atoms with Gasteiger partial charge in [0.25, 0.3) is 5.69 Å². The number of likely N-dealkylation sites (tertiary alicyclic amines) is 1. The van der Waals surface area contributed by atoms with Crippen LogP contribution in [0.25, 0.3) is 0 Å². The summed E-state index contributed by atoms with van der Waals surface area (Å²) >= 11 is 0. The van der Waals surface area contributed by atoms with Crippen molar-refractivity contribution in [3.63, 3.8) is 0 Å². The molecule has 1 N–H and O–H groups in total. The summed E-state index contributed by atoms with van der Waals surface area (Å²) in [5.41, 5.74) is 1.07. The Labute approximate surface area is 147 Å². The molecule has 1 unspecified atom stereocenters. The number of ketones is 1. The molecule has 1 aromatic rings. The number of aliphatic hydroxyl groups is 1. The standard InChI is InChI=1S/C19H24N2O4/c1-19(2)11-15(22)17(16(23)12-19)18(20-9-3-4-10-20)13-5-7-14(8-6-13)21(24)25/h5-8,18,22H,3-4,9-12H2,1-2H3. The number of carbonyl (C=O) groups excluding carboxylic acids is 1. The van der Waals surface area contributed by atoms with Crippen LogP contribution < -0.4 is 0 Å². The fourth-order valence-corrected chi connectivity index (χ4v) is 3.95. The number of carbonyl (C=O) groups is 1. The molecule has 1 heterocycles. The second-order valence-electron chi connectivity index (χ2n) is 7.80. The van der Waals surface area contributed by atoms with Crippen LogP contribution in [0.5, 0.6) is 0 Å². The predicted molar refractivity (Wildman–Crippen MR) is 94.3 cm³/mol. The van der Waals surface area contributed by atoms with Gasteiger partial charge in [-0.05, 0) is 36.9 Å². The molecule has 1 atom stereocenters. The third-order valence-corrected chi connectivity index (χ3v) is 5.10. The zero-order valence-corrected chi connectivity index (χ0v) is 14.7. The molecule has 3 rings (SSSR count). The molecular formula is C19H24N2O4. The molecule has 6 heteroatoms. The molecule has 1 aliphatic carbocycles. The van der Waals surface area contributed by atoms with Crippen molar-refractivity contribution < 1.29 is 14.8 Å². The van der Waals surface area contributed by atoms with E-state index < -0.39 is 4.92 Å². The number of nitrogens with zero attached hydrogens (tertiary/aromatic N) is 2. The van der Waals surface area contributed by atoms with Gasteiger partial charge in [-0.2, -0.15) is 0 Å². The number of aliphatic hydroxyl groups excluding tert-OH is 1. The van der Waals surface area contributed by atoms with Crippen molar-refractivity contribution in [2.24, 2.45) is 5.41 Å². The number of nitro groups is 1. The van der Waals surface area contributed by atoms with Crippen LogP contribution in [-0.4, -0.2) is 33.8 Å². The van der Waals surface area contributed by atoms with Gasteiger partial charge in [-0.25, -0.2) is 0 Å².